The van der Waals surface area contributed by atoms with Crippen LogP contribution in [0.25, 0.3) is 11.1 Å². The molecule has 0 bridgehead atoms. The van der Waals surface area contributed by atoms with Gasteiger partial charge in [0.05, 0.1) is 5.56 Å². The number of aromatic nitrogens is 2. The second kappa shape index (κ2) is 5.57. The highest BCUT2D eigenvalue weighted by Crippen LogP contribution is 2.39. The first-order chi connectivity index (χ1) is 9.36. The summed E-state index contributed by atoms with van der Waals surface area (Å²) in [5.74, 6) is 0.635. The monoisotopic (exact) mass is 274 g/mol. The molecule has 5 heteroatoms. The molecule has 1 fully saturated rings. The van der Waals surface area contributed by atoms with Gasteiger partial charge in [-0.2, -0.15) is 4.37 Å². The zero-order valence-electron chi connectivity index (χ0n) is 10.9. The molecule has 4 nitrogen and oxygen atoms in total. The third-order valence-corrected chi connectivity index (χ3v) is 4.49. The topological polar surface area (TPSA) is 55.0 Å². The van der Waals surface area contributed by atoms with Crippen LogP contribution in [0.2, 0.25) is 0 Å². The molecular weight excluding hydrogens is 256 g/mol. The lowest BCUT2D eigenvalue weighted by Crippen LogP contribution is -2.23. The van der Waals surface area contributed by atoms with E-state index >= 15 is 0 Å². The van der Waals surface area contributed by atoms with Crippen molar-refractivity contribution >= 4 is 22.4 Å². The summed E-state index contributed by atoms with van der Waals surface area (Å²) in [6.07, 6.45) is 8.78. The van der Waals surface area contributed by atoms with Crippen molar-refractivity contribution in [1.82, 2.24) is 9.36 Å². The van der Waals surface area contributed by atoms with E-state index in [2.05, 4.69) is 14.3 Å². The molecule has 3 heterocycles. The predicted molar refractivity (Wildman–Crippen MR) is 80.4 cm³/mol. The third-order valence-electron chi connectivity index (χ3n) is 3.56. The molecule has 100 valence electrons. The molecule has 2 aromatic rings. The van der Waals surface area contributed by atoms with Crippen LogP contribution in [0.3, 0.4) is 0 Å². The number of nitrogen functional groups attached to an aromatic ring is 1. The molecule has 1 aliphatic heterocycles. The summed E-state index contributed by atoms with van der Waals surface area (Å²) >= 11 is 1.52. The number of nitrogens with two attached hydrogens (primary N) is 1. The Morgan fingerprint density at radius 3 is 2.42 bits per heavy atom. The second-order valence-corrected chi connectivity index (χ2v) is 5.64. The number of anilines is 2. The average molecular weight is 274 g/mol. The first-order valence-corrected chi connectivity index (χ1v) is 7.54. The van der Waals surface area contributed by atoms with E-state index in [1.807, 2.05) is 12.1 Å². The van der Waals surface area contributed by atoms with Crippen molar-refractivity contribution in [3.8, 4) is 11.1 Å². The van der Waals surface area contributed by atoms with Gasteiger partial charge < -0.3 is 10.6 Å². The summed E-state index contributed by atoms with van der Waals surface area (Å²) in [4.78, 5) is 6.51. The highest BCUT2D eigenvalue weighted by atomic mass is 32.1. The molecule has 0 spiro atoms. The van der Waals surface area contributed by atoms with Gasteiger partial charge in [-0.25, -0.2) is 0 Å². The van der Waals surface area contributed by atoms with E-state index in [1.165, 1.54) is 42.2 Å². The maximum atomic E-state index is 6.07. The number of rotatable bonds is 2. The number of hydrogen-bond donors (Lipinski definition) is 1. The van der Waals surface area contributed by atoms with Crippen molar-refractivity contribution in [3.05, 3.63) is 24.5 Å². The van der Waals surface area contributed by atoms with Gasteiger partial charge in [0.2, 0.25) is 0 Å². The van der Waals surface area contributed by atoms with Gasteiger partial charge in [-0.1, -0.05) is 12.8 Å². The van der Waals surface area contributed by atoms with Crippen molar-refractivity contribution in [1.29, 1.82) is 0 Å². The van der Waals surface area contributed by atoms with Gasteiger partial charge in [-0.15, -0.1) is 0 Å². The lowest BCUT2D eigenvalue weighted by Gasteiger charge is -2.21. The fraction of sp³-hybridized carbons (Fsp3) is 0.429. The van der Waals surface area contributed by atoms with Crippen LogP contribution in [0, 0.1) is 0 Å². The minimum absolute atomic E-state index is 0.635. The van der Waals surface area contributed by atoms with Crippen LogP contribution in [0.1, 0.15) is 25.7 Å². The highest BCUT2D eigenvalue weighted by molar-refractivity contribution is 7.11. The number of pyridine rings is 1. The van der Waals surface area contributed by atoms with Crippen molar-refractivity contribution in [2.75, 3.05) is 23.7 Å². The predicted octanol–water partition coefficient (Wildman–Crippen LogP) is 3.17. The fourth-order valence-corrected chi connectivity index (χ4v) is 3.46. The van der Waals surface area contributed by atoms with Gasteiger partial charge in [0.1, 0.15) is 10.8 Å². The smallest absolute Gasteiger partial charge is 0.147 e. The molecule has 0 unspecified atom stereocenters. The minimum Gasteiger partial charge on any atom is -0.382 e. The molecule has 0 aromatic carbocycles. The molecule has 2 N–H and O–H groups in total. The molecule has 3 rings (SSSR count). The minimum atomic E-state index is 0.635. The molecule has 0 atom stereocenters. The zero-order valence-corrected chi connectivity index (χ0v) is 11.7. The van der Waals surface area contributed by atoms with E-state index in [9.17, 15) is 0 Å². The van der Waals surface area contributed by atoms with Crippen LogP contribution in [0.5, 0.6) is 0 Å². The van der Waals surface area contributed by atoms with Crippen LogP contribution >= 0.6 is 11.5 Å². The van der Waals surface area contributed by atoms with Crippen LogP contribution in [0.15, 0.2) is 24.5 Å². The Hall–Kier alpha value is -1.62. The Bertz CT molecular complexity index is 530. The van der Waals surface area contributed by atoms with E-state index in [1.54, 1.807) is 12.4 Å². The lowest BCUT2D eigenvalue weighted by atomic mass is 10.1. The van der Waals surface area contributed by atoms with Gasteiger partial charge >= 0.3 is 0 Å². The van der Waals surface area contributed by atoms with Crippen molar-refractivity contribution in [3.63, 3.8) is 0 Å². The molecule has 0 radical (unpaired) electrons. The maximum absolute atomic E-state index is 6.07. The Morgan fingerprint density at radius 1 is 1.05 bits per heavy atom. The molecule has 2 aromatic heterocycles. The lowest BCUT2D eigenvalue weighted by molar-refractivity contribution is 0.726. The van der Waals surface area contributed by atoms with Gasteiger partial charge in [0, 0.05) is 25.5 Å². The summed E-state index contributed by atoms with van der Waals surface area (Å²) in [6.45, 7) is 2.22. The molecule has 0 amide bonds. The molecule has 1 saturated heterocycles. The van der Waals surface area contributed by atoms with Gasteiger partial charge in [-0.3, -0.25) is 4.98 Å². The largest absolute Gasteiger partial charge is 0.382 e. The van der Waals surface area contributed by atoms with Crippen LogP contribution in [0.4, 0.5) is 10.8 Å². The van der Waals surface area contributed by atoms with Crippen LogP contribution in [-0.2, 0) is 0 Å². The molecule has 1 aliphatic rings. The van der Waals surface area contributed by atoms with E-state index < -0.39 is 0 Å². The zero-order chi connectivity index (χ0) is 13.1. The number of nitrogens with zero attached hydrogens (tertiary/aromatic N) is 3. The first kappa shape index (κ1) is 12.4. The standard InChI is InChI=1S/C14H18N4S/c15-13-12(11-5-7-16-8-6-11)14(19-17-13)18-9-3-1-2-4-10-18/h5-8H,1-4,9-10H2,(H2,15,17). The third kappa shape index (κ3) is 2.56. The number of hydrogen-bond acceptors (Lipinski definition) is 5. The Balaban J connectivity index is 1.98. The van der Waals surface area contributed by atoms with Crippen LogP contribution in [-0.4, -0.2) is 22.4 Å². The van der Waals surface area contributed by atoms with Crippen LogP contribution < -0.4 is 10.6 Å². The molecule has 0 saturated carbocycles. The van der Waals surface area contributed by atoms with E-state index in [0.29, 0.717) is 5.82 Å². The summed E-state index contributed by atoms with van der Waals surface area (Å²) in [7, 11) is 0. The summed E-state index contributed by atoms with van der Waals surface area (Å²) in [5, 5.41) is 1.21. The summed E-state index contributed by atoms with van der Waals surface area (Å²) in [6, 6.07) is 4.00. The van der Waals surface area contributed by atoms with E-state index in [4.69, 9.17) is 5.73 Å². The molecule has 0 aliphatic carbocycles. The highest BCUT2D eigenvalue weighted by Gasteiger charge is 2.20. The van der Waals surface area contributed by atoms with Crippen molar-refractivity contribution in [2.24, 2.45) is 0 Å². The fourth-order valence-electron chi connectivity index (χ4n) is 2.57. The van der Waals surface area contributed by atoms with Crippen molar-refractivity contribution < 1.29 is 0 Å². The SMILES string of the molecule is Nc1nsc(N2CCCCCC2)c1-c1ccncc1. The van der Waals surface area contributed by atoms with E-state index in [-0.39, 0.29) is 0 Å². The Morgan fingerprint density at radius 2 is 1.74 bits per heavy atom. The van der Waals surface area contributed by atoms with Gasteiger partial charge in [-0.05, 0) is 42.1 Å². The Kier molecular flexibility index (Phi) is 3.64. The maximum Gasteiger partial charge on any atom is 0.147 e. The normalized spacial score (nSPS) is 16.3. The average Bonchev–Trinajstić information content (AvgIpc) is 2.67. The second-order valence-electron chi connectivity index (χ2n) is 4.89. The van der Waals surface area contributed by atoms with Gasteiger partial charge in [0.25, 0.3) is 0 Å². The first-order valence-electron chi connectivity index (χ1n) is 6.77. The Labute approximate surface area is 117 Å². The van der Waals surface area contributed by atoms with Gasteiger partial charge in [0.15, 0.2) is 0 Å². The quantitative estimate of drug-likeness (QED) is 0.914. The van der Waals surface area contributed by atoms with Crippen molar-refractivity contribution in [2.45, 2.75) is 25.7 Å². The summed E-state index contributed by atoms with van der Waals surface area (Å²) in [5.41, 5.74) is 8.26. The molecular formula is C14H18N4S. The van der Waals surface area contributed by atoms with E-state index in [0.717, 1.165) is 24.2 Å². The molecule has 19 heavy (non-hydrogen) atoms. The summed E-state index contributed by atoms with van der Waals surface area (Å²) < 4.78 is 4.36.